The molecule has 0 bridgehead atoms. The summed E-state index contributed by atoms with van der Waals surface area (Å²) in [5.41, 5.74) is 1.78. The molecular formula is C15H16N2O3Se. The van der Waals surface area contributed by atoms with Gasteiger partial charge in [-0.25, -0.2) is 0 Å². The number of carbonyl (C=O) groups is 3. The van der Waals surface area contributed by atoms with Gasteiger partial charge in [-0.3, -0.25) is 0 Å². The monoisotopic (exact) mass is 352 g/mol. The molecule has 1 aromatic carbocycles. The van der Waals surface area contributed by atoms with Crippen molar-refractivity contribution >= 4 is 37.1 Å². The molecule has 3 rings (SSSR count). The third kappa shape index (κ3) is 2.49. The number of benzene rings is 1. The van der Waals surface area contributed by atoms with Crippen LogP contribution in [0.2, 0.25) is 5.32 Å². The first-order valence-corrected chi connectivity index (χ1v) is 9.08. The molecular weight excluding hydrogens is 335 g/mol. The van der Waals surface area contributed by atoms with Crippen molar-refractivity contribution in [3.8, 4) is 0 Å². The van der Waals surface area contributed by atoms with E-state index in [1.807, 2.05) is 12.1 Å². The zero-order valence-corrected chi connectivity index (χ0v) is 13.4. The summed E-state index contributed by atoms with van der Waals surface area (Å²) in [6.07, 6.45) is 0.709. The average molecular weight is 351 g/mol. The molecule has 1 saturated heterocycles. The molecule has 2 aliphatic rings. The van der Waals surface area contributed by atoms with Crippen LogP contribution < -0.4 is 9.78 Å². The van der Waals surface area contributed by atoms with Gasteiger partial charge in [0.2, 0.25) is 0 Å². The van der Waals surface area contributed by atoms with Crippen molar-refractivity contribution in [2.75, 3.05) is 0 Å². The number of fused-ring (bicyclic) bond motifs is 1. The van der Waals surface area contributed by atoms with Crippen molar-refractivity contribution < 1.29 is 14.4 Å². The fourth-order valence-electron chi connectivity index (χ4n) is 2.85. The molecule has 21 heavy (non-hydrogen) atoms. The van der Waals surface area contributed by atoms with Crippen LogP contribution in [0.15, 0.2) is 18.2 Å². The minimum absolute atomic E-state index is 0.0896. The van der Waals surface area contributed by atoms with E-state index in [1.54, 1.807) is 4.90 Å². The summed E-state index contributed by atoms with van der Waals surface area (Å²) in [4.78, 5) is 37.4. The van der Waals surface area contributed by atoms with Crippen molar-refractivity contribution in [2.24, 2.45) is 0 Å². The topological polar surface area (TPSA) is 66.5 Å². The second-order valence-electron chi connectivity index (χ2n) is 5.12. The summed E-state index contributed by atoms with van der Waals surface area (Å²) in [5.74, 6) is -0.696. The number of imide groups is 1. The van der Waals surface area contributed by atoms with Crippen LogP contribution in [-0.2, 0) is 16.1 Å². The van der Waals surface area contributed by atoms with Crippen LogP contribution >= 0.6 is 0 Å². The normalized spacial score (nSPS) is 21.5. The minimum atomic E-state index is -0.524. The quantitative estimate of drug-likeness (QED) is 0.626. The Balaban J connectivity index is 1.88. The van der Waals surface area contributed by atoms with E-state index < -0.39 is 6.04 Å². The van der Waals surface area contributed by atoms with E-state index in [1.165, 1.54) is 4.46 Å². The number of hydrogen-bond acceptors (Lipinski definition) is 3. The zero-order chi connectivity index (χ0) is 15.0. The van der Waals surface area contributed by atoms with Gasteiger partial charge in [-0.05, 0) is 0 Å². The summed E-state index contributed by atoms with van der Waals surface area (Å²) in [5, 5.41) is 3.40. The number of piperidine rings is 1. The molecule has 3 amide bonds. The van der Waals surface area contributed by atoms with Crippen LogP contribution in [0.5, 0.6) is 0 Å². The van der Waals surface area contributed by atoms with Crippen LogP contribution in [0.4, 0.5) is 0 Å². The molecule has 0 radical (unpaired) electrons. The predicted octanol–water partition coefficient (Wildman–Crippen LogP) is 0.215. The van der Waals surface area contributed by atoms with Gasteiger partial charge in [0.15, 0.2) is 0 Å². The molecule has 1 fully saturated rings. The molecule has 5 nitrogen and oxygen atoms in total. The van der Waals surface area contributed by atoms with Crippen LogP contribution in [-0.4, -0.2) is 43.6 Å². The number of nitrogens with zero attached hydrogens (tertiary/aromatic N) is 1. The van der Waals surface area contributed by atoms with Gasteiger partial charge < -0.3 is 0 Å². The van der Waals surface area contributed by atoms with E-state index in [0.717, 1.165) is 10.9 Å². The Labute approximate surface area is 129 Å². The maximum absolute atomic E-state index is 12.5. The summed E-state index contributed by atoms with van der Waals surface area (Å²) >= 11 is 0.354. The molecule has 6 heteroatoms. The molecule has 1 N–H and O–H groups in total. The van der Waals surface area contributed by atoms with E-state index in [2.05, 4.69) is 18.3 Å². The van der Waals surface area contributed by atoms with E-state index >= 15 is 0 Å². The molecule has 2 heterocycles. The van der Waals surface area contributed by atoms with Gasteiger partial charge in [-0.1, -0.05) is 0 Å². The number of nitrogens with one attached hydrogen (secondary N) is 1. The van der Waals surface area contributed by atoms with E-state index in [0.29, 0.717) is 39.9 Å². The molecule has 0 saturated carbocycles. The first kappa shape index (κ1) is 14.3. The van der Waals surface area contributed by atoms with Crippen LogP contribution in [0, 0.1) is 0 Å². The Morgan fingerprint density at radius 1 is 1.33 bits per heavy atom. The van der Waals surface area contributed by atoms with Crippen molar-refractivity contribution in [1.29, 1.82) is 0 Å². The second kappa shape index (κ2) is 5.62. The van der Waals surface area contributed by atoms with Crippen LogP contribution in [0.1, 0.15) is 35.7 Å². The number of hydrogen-bond donors (Lipinski definition) is 1. The third-order valence-corrected chi connectivity index (χ3v) is 5.90. The van der Waals surface area contributed by atoms with Crippen LogP contribution in [0.3, 0.4) is 0 Å². The van der Waals surface area contributed by atoms with E-state index in [-0.39, 0.29) is 17.7 Å². The first-order valence-electron chi connectivity index (χ1n) is 7.01. The maximum atomic E-state index is 12.5. The molecule has 0 aliphatic carbocycles. The number of amides is 3. The molecule has 1 unspecified atom stereocenters. The first-order chi connectivity index (χ1) is 10.1. The van der Waals surface area contributed by atoms with Crippen molar-refractivity contribution in [3.05, 3.63) is 29.3 Å². The predicted molar refractivity (Wildman–Crippen MR) is 78.4 cm³/mol. The van der Waals surface area contributed by atoms with Gasteiger partial charge in [0, 0.05) is 0 Å². The molecule has 1 aromatic rings. The van der Waals surface area contributed by atoms with Gasteiger partial charge in [-0.2, -0.15) is 0 Å². The summed E-state index contributed by atoms with van der Waals surface area (Å²) in [7, 11) is 0. The van der Waals surface area contributed by atoms with Gasteiger partial charge in [-0.15, -0.1) is 0 Å². The third-order valence-electron chi connectivity index (χ3n) is 3.84. The van der Waals surface area contributed by atoms with E-state index in [4.69, 9.17) is 0 Å². The SMILES string of the molecule is CC[Se]c1cccc2c1CN(C1CCC(=O)NC1=O)C2=O. The van der Waals surface area contributed by atoms with Crippen molar-refractivity contribution in [1.82, 2.24) is 10.2 Å². The van der Waals surface area contributed by atoms with Crippen LogP contribution in [0.25, 0.3) is 0 Å². The molecule has 1 atom stereocenters. The van der Waals surface area contributed by atoms with Crippen molar-refractivity contribution in [2.45, 2.75) is 37.7 Å². The Bertz CT molecular complexity index is 629. The fourth-order valence-corrected chi connectivity index (χ4v) is 4.60. The van der Waals surface area contributed by atoms with Gasteiger partial charge in [0.05, 0.1) is 0 Å². The Hall–Kier alpha value is -1.65. The fraction of sp³-hybridized carbons (Fsp3) is 0.400. The number of carbonyl (C=O) groups excluding carboxylic acids is 3. The van der Waals surface area contributed by atoms with Crippen molar-refractivity contribution in [3.63, 3.8) is 0 Å². The zero-order valence-electron chi connectivity index (χ0n) is 11.7. The van der Waals surface area contributed by atoms with Gasteiger partial charge in [0.1, 0.15) is 0 Å². The summed E-state index contributed by atoms with van der Waals surface area (Å²) in [6, 6.07) is 5.30. The van der Waals surface area contributed by atoms with Gasteiger partial charge in [0.25, 0.3) is 0 Å². The Morgan fingerprint density at radius 2 is 2.14 bits per heavy atom. The Kier molecular flexibility index (Phi) is 3.83. The summed E-state index contributed by atoms with van der Waals surface area (Å²) in [6.45, 7) is 2.62. The Morgan fingerprint density at radius 3 is 2.86 bits per heavy atom. The molecule has 2 aliphatic heterocycles. The average Bonchev–Trinajstić information content (AvgIpc) is 2.78. The molecule has 110 valence electrons. The van der Waals surface area contributed by atoms with E-state index in [9.17, 15) is 14.4 Å². The van der Waals surface area contributed by atoms with Gasteiger partial charge >= 0.3 is 129 Å². The molecule has 0 aromatic heterocycles. The number of rotatable bonds is 3. The molecule has 0 spiro atoms. The summed E-state index contributed by atoms with van der Waals surface area (Å²) < 4.78 is 1.24. The standard InChI is InChI=1S/C15H16N2O3Se/c1-2-21-12-5-3-4-9-10(12)8-17(15(9)20)11-6-7-13(18)16-14(11)19/h3-5,11H,2,6-8H2,1H3,(H,16,18,19). The second-order valence-corrected chi connectivity index (χ2v) is 7.86.